The lowest BCUT2D eigenvalue weighted by molar-refractivity contribution is 0.102. The van der Waals surface area contributed by atoms with E-state index in [1.165, 1.54) is 0 Å². The summed E-state index contributed by atoms with van der Waals surface area (Å²) >= 11 is 0. The summed E-state index contributed by atoms with van der Waals surface area (Å²) in [6.45, 7) is 4.45. The summed E-state index contributed by atoms with van der Waals surface area (Å²) in [5, 5.41) is 14.4. The molecule has 0 spiro atoms. The number of amides is 1. The number of hydrogen-bond donors (Lipinski definition) is 4. The van der Waals surface area contributed by atoms with E-state index < -0.39 is 10.6 Å². The van der Waals surface area contributed by atoms with Gasteiger partial charge in [0, 0.05) is 35.6 Å². The molecule has 1 fully saturated rings. The van der Waals surface area contributed by atoms with Gasteiger partial charge < -0.3 is 5.32 Å². The molecule has 2 aliphatic rings. The van der Waals surface area contributed by atoms with Crippen molar-refractivity contribution in [1.82, 2.24) is 25.0 Å². The molecule has 0 bridgehead atoms. The molecule has 1 aliphatic heterocycles. The molecule has 182 valence electrons. The highest BCUT2D eigenvalue weighted by molar-refractivity contribution is 8.24. The maximum atomic E-state index is 13.0. The van der Waals surface area contributed by atoms with Crippen molar-refractivity contribution >= 4 is 22.2 Å². The van der Waals surface area contributed by atoms with Crippen LogP contribution in [0.15, 0.2) is 36.9 Å². The van der Waals surface area contributed by atoms with E-state index in [9.17, 15) is 13.9 Å². The second kappa shape index (κ2) is 8.83. The van der Waals surface area contributed by atoms with E-state index >= 15 is 0 Å². The van der Waals surface area contributed by atoms with Crippen LogP contribution in [0, 0.1) is 5.41 Å². The molecule has 1 amide bonds. The molecule has 1 aliphatic carbocycles. The highest BCUT2D eigenvalue weighted by atomic mass is 32.3. The van der Waals surface area contributed by atoms with Crippen molar-refractivity contribution in [2.75, 3.05) is 11.1 Å². The molecule has 5 rings (SSSR count). The van der Waals surface area contributed by atoms with E-state index in [1.807, 2.05) is 12.1 Å². The van der Waals surface area contributed by atoms with Crippen LogP contribution in [0.2, 0.25) is 0 Å². The molecule has 34 heavy (non-hydrogen) atoms. The Morgan fingerprint density at radius 3 is 2.94 bits per heavy atom. The fourth-order valence-electron chi connectivity index (χ4n) is 5.23. The average molecular weight is 485 g/mol. The van der Waals surface area contributed by atoms with Gasteiger partial charge in [-0.25, -0.2) is 0 Å². The summed E-state index contributed by atoms with van der Waals surface area (Å²) in [6.07, 6.45) is 11.9. The molecular formula is C24H32N6O3S. The molecular weight excluding hydrogens is 452 g/mol. The van der Waals surface area contributed by atoms with Crippen molar-refractivity contribution in [3.05, 3.63) is 59.4 Å². The molecule has 4 heterocycles. The van der Waals surface area contributed by atoms with Crippen molar-refractivity contribution in [1.29, 1.82) is 0 Å². The average Bonchev–Trinajstić information content (AvgIpc) is 3.42. The quantitative estimate of drug-likeness (QED) is 0.417. The van der Waals surface area contributed by atoms with E-state index in [1.54, 1.807) is 29.5 Å². The SMILES string of the molecule is CC1(C)CCc2c(C(=O)Nc3cnn(C(c4cccnc4)C4CCCCS4(O)O)c3)n[nH]c2C1. The van der Waals surface area contributed by atoms with Crippen molar-refractivity contribution in [2.24, 2.45) is 5.41 Å². The number of carbonyl (C=O) groups excluding carboxylic acids is 1. The number of anilines is 1. The largest absolute Gasteiger partial charge is 0.318 e. The predicted molar refractivity (Wildman–Crippen MR) is 132 cm³/mol. The van der Waals surface area contributed by atoms with Gasteiger partial charge in [0.1, 0.15) is 0 Å². The Kier molecular flexibility index (Phi) is 5.99. The molecule has 2 unspecified atom stereocenters. The van der Waals surface area contributed by atoms with Gasteiger partial charge in [0.2, 0.25) is 0 Å². The number of aromatic amines is 1. The van der Waals surface area contributed by atoms with Crippen molar-refractivity contribution < 1.29 is 13.9 Å². The zero-order chi connectivity index (χ0) is 23.9. The molecule has 3 aromatic rings. The Labute approximate surface area is 200 Å². The number of rotatable bonds is 5. The normalized spacial score (nSPS) is 23.0. The third-order valence-corrected chi connectivity index (χ3v) is 9.42. The van der Waals surface area contributed by atoms with Crippen LogP contribution in [0.3, 0.4) is 0 Å². The predicted octanol–water partition coefficient (Wildman–Crippen LogP) is 4.66. The number of nitrogens with one attached hydrogen (secondary N) is 2. The topological polar surface area (TPSA) is 129 Å². The monoisotopic (exact) mass is 484 g/mol. The number of carbonyl (C=O) groups is 1. The van der Waals surface area contributed by atoms with Gasteiger partial charge in [-0.2, -0.15) is 20.8 Å². The van der Waals surface area contributed by atoms with Crippen LogP contribution in [0.4, 0.5) is 5.69 Å². The first-order valence-electron chi connectivity index (χ1n) is 11.8. The van der Waals surface area contributed by atoms with Crippen LogP contribution in [0.5, 0.6) is 0 Å². The summed E-state index contributed by atoms with van der Waals surface area (Å²) in [4.78, 5) is 17.3. The Bertz CT molecular complexity index is 1170. The van der Waals surface area contributed by atoms with Crippen LogP contribution in [0.1, 0.15) is 72.9 Å². The number of pyridine rings is 1. The third-order valence-electron chi connectivity index (χ3n) is 7.07. The van der Waals surface area contributed by atoms with Crippen LogP contribution in [0.25, 0.3) is 0 Å². The standard InChI is InChI=1S/C24H32N6O3S/c1-24(2)9-8-18-19(12-24)28-29-21(18)23(31)27-17-14-26-30(15-17)22(16-6-5-10-25-13-16)20-7-3-4-11-34(20,32)33/h5-6,10,13-15,20,22,32-33H,3-4,7-9,11-12H2,1-2H3,(H,27,31)(H,28,29). The number of nitrogens with zero attached hydrogens (tertiary/aromatic N) is 4. The lowest BCUT2D eigenvalue weighted by atomic mass is 9.76. The molecule has 4 N–H and O–H groups in total. The first-order chi connectivity index (χ1) is 16.2. The van der Waals surface area contributed by atoms with Gasteiger partial charge in [0.05, 0.1) is 23.2 Å². The Morgan fingerprint density at radius 2 is 2.18 bits per heavy atom. The molecule has 0 saturated carbocycles. The van der Waals surface area contributed by atoms with Gasteiger partial charge in [0.15, 0.2) is 5.69 Å². The second-order valence-electron chi connectivity index (χ2n) is 10.2. The van der Waals surface area contributed by atoms with Gasteiger partial charge in [-0.15, -0.1) is 0 Å². The molecule has 0 radical (unpaired) electrons. The van der Waals surface area contributed by atoms with Crippen molar-refractivity contribution in [3.8, 4) is 0 Å². The molecule has 3 aromatic heterocycles. The van der Waals surface area contributed by atoms with E-state index in [4.69, 9.17) is 0 Å². The number of aromatic nitrogens is 5. The van der Waals surface area contributed by atoms with Gasteiger partial charge in [-0.1, -0.05) is 19.9 Å². The fourth-order valence-corrected chi connectivity index (χ4v) is 7.40. The minimum absolute atomic E-state index is 0.200. The zero-order valence-electron chi connectivity index (χ0n) is 19.6. The van der Waals surface area contributed by atoms with Crippen molar-refractivity contribution in [3.63, 3.8) is 0 Å². The maximum Gasteiger partial charge on any atom is 0.276 e. The fraction of sp³-hybridized carbons (Fsp3) is 0.500. The van der Waals surface area contributed by atoms with Crippen LogP contribution < -0.4 is 5.32 Å². The second-order valence-corrected chi connectivity index (χ2v) is 12.7. The highest BCUT2D eigenvalue weighted by Crippen LogP contribution is 2.55. The molecule has 9 nitrogen and oxygen atoms in total. The maximum absolute atomic E-state index is 13.0. The lowest BCUT2D eigenvalue weighted by Gasteiger charge is -2.47. The first-order valence-corrected chi connectivity index (χ1v) is 13.6. The minimum atomic E-state index is -2.78. The minimum Gasteiger partial charge on any atom is -0.318 e. The van der Waals surface area contributed by atoms with E-state index in [-0.39, 0.29) is 22.6 Å². The highest BCUT2D eigenvalue weighted by Gasteiger charge is 2.38. The summed E-state index contributed by atoms with van der Waals surface area (Å²) in [5.74, 6) is 0.136. The van der Waals surface area contributed by atoms with Crippen molar-refractivity contribution in [2.45, 2.75) is 63.7 Å². The molecule has 2 atom stereocenters. The Morgan fingerprint density at radius 1 is 1.32 bits per heavy atom. The lowest BCUT2D eigenvalue weighted by Crippen LogP contribution is -2.34. The van der Waals surface area contributed by atoms with Gasteiger partial charge in [-0.05, 0) is 55.6 Å². The number of fused-ring (bicyclic) bond motifs is 1. The van der Waals surface area contributed by atoms with Crippen LogP contribution in [-0.4, -0.2) is 51.0 Å². The van der Waals surface area contributed by atoms with E-state index in [2.05, 4.69) is 39.4 Å². The summed E-state index contributed by atoms with van der Waals surface area (Å²) in [6, 6.07) is 3.38. The summed E-state index contributed by atoms with van der Waals surface area (Å²) in [5.41, 5.74) is 4.07. The number of hydrogen-bond acceptors (Lipinski definition) is 6. The van der Waals surface area contributed by atoms with Crippen LogP contribution >= 0.6 is 10.6 Å². The van der Waals surface area contributed by atoms with E-state index in [0.717, 1.165) is 48.9 Å². The molecule has 10 heteroatoms. The van der Waals surface area contributed by atoms with Gasteiger partial charge in [0.25, 0.3) is 5.91 Å². The van der Waals surface area contributed by atoms with Crippen LogP contribution in [-0.2, 0) is 12.8 Å². The Hall–Kier alpha value is -2.69. The van der Waals surface area contributed by atoms with E-state index in [0.29, 0.717) is 23.6 Å². The number of H-pyrrole nitrogens is 1. The van der Waals surface area contributed by atoms with Gasteiger partial charge >= 0.3 is 0 Å². The summed E-state index contributed by atoms with van der Waals surface area (Å²) < 4.78 is 23.4. The van der Waals surface area contributed by atoms with Gasteiger partial charge in [-0.3, -0.25) is 28.7 Å². The zero-order valence-corrected chi connectivity index (χ0v) is 20.4. The summed E-state index contributed by atoms with van der Waals surface area (Å²) in [7, 11) is -2.78. The molecule has 0 aromatic carbocycles. The Balaban J connectivity index is 1.40. The third kappa shape index (κ3) is 4.49. The first kappa shape index (κ1) is 23.1. The molecule has 1 saturated heterocycles. The smallest absolute Gasteiger partial charge is 0.276 e.